The lowest BCUT2D eigenvalue weighted by molar-refractivity contribution is -0.162. The monoisotopic (exact) mass is 829 g/mol. The van der Waals surface area contributed by atoms with Crippen molar-refractivity contribution in [2.45, 2.75) is 194 Å². The van der Waals surface area contributed by atoms with Crippen LogP contribution in [0.3, 0.4) is 0 Å². The Morgan fingerprint density at radius 2 is 0.767 bits per heavy atom. The molecule has 0 aromatic carbocycles. The minimum Gasteiger partial charge on any atom is -0.461 e. The SMILES string of the molecule is CC/C=C\C/C=C\C/C=C\C/C=C\C/C=C\CCOCC(COC(=O)C/C=C\C/C=C\C/C=C\C/C=C\C/C=C\CC)OC(=O)CCCCCCCCCCCCCCC. The van der Waals surface area contributed by atoms with Gasteiger partial charge in [0.25, 0.3) is 0 Å². The van der Waals surface area contributed by atoms with Crippen LogP contribution in [0.15, 0.2) is 122 Å². The molecule has 338 valence electrons. The maximum atomic E-state index is 12.7. The van der Waals surface area contributed by atoms with Crippen LogP contribution in [0.5, 0.6) is 0 Å². The van der Waals surface area contributed by atoms with E-state index in [1.165, 1.54) is 64.2 Å². The van der Waals surface area contributed by atoms with E-state index in [1.807, 2.05) is 12.2 Å². The summed E-state index contributed by atoms with van der Waals surface area (Å²) in [6, 6.07) is 0. The zero-order chi connectivity index (χ0) is 43.5. The third-order valence-corrected chi connectivity index (χ3v) is 9.55. The number of esters is 2. The summed E-state index contributed by atoms with van der Waals surface area (Å²) in [4.78, 5) is 25.3. The van der Waals surface area contributed by atoms with Crippen LogP contribution >= 0.6 is 0 Å². The van der Waals surface area contributed by atoms with Crippen molar-refractivity contribution >= 4 is 11.9 Å². The lowest BCUT2D eigenvalue weighted by atomic mass is 10.0. The number of hydrogen-bond donors (Lipinski definition) is 0. The van der Waals surface area contributed by atoms with Crippen LogP contribution in [-0.2, 0) is 23.8 Å². The van der Waals surface area contributed by atoms with Crippen molar-refractivity contribution in [2.75, 3.05) is 19.8 Å². The Bertz CT molecular complexity index is 1260. The number of ether oxygens (including phenoxy) is 3. The quantitative estimate of drug-likeness (QED) is 0.0348. The molecule has 0 aliphatic carbocycles. The standard InChI is InChI=1S/C55H88O5/c1-4-7-10-13-16-19-22-25-27-29-32-35-38-41-44-47-50-58-51-53(60-55(57)49-46-43-40-37-34-30-24-21-18-15-12-9-6-3)52-59-54(56)48-45-42-39-36-33-31-28-26-23-20-17-14-11-8-5-2/h7-8,10-11,16-17,19-20,25-28,32-33,35-36,41-42,44-45,53H,4-6,9,12-15,18,21-24,29-31,34,37-40,43,46-52H2,1-3H3/b10-7-,11-8-,19-16-,20-17-,27-25-,28-26-,35-32-,36-33-,44-41-,45-42-. The Balaban J connectivity index is 4.53. The summed E-state index contributed by atoms with van der Waals surface area (Å²) < 4.78 is 17.1. The first-order valence-corrected chi connectivity index (χ1v) is 24.1. The van der Waals surface area contributed by atoms with E-state index in [9.17, 15) is 9.59 Å². The molecule has 60 heavy (non-hydrogen) atoms. The van der Waals surface area contributed by atoms with E-state index in [0.717, 1.165) is 89.9 Å². The van der Waals surface area contributed by atoms with Crippen molar-refractivity contribution in [1.82, 2.24) is 0 Å². The molecule has 0 aliphatic heterocycles. The van der Waals surface area contributed by atoms with Gasteiger partial charge in [-0.3, -0.25) is 9.59 Å². The second kappa shape index (κ2) is 49.7. The molecule has 0 fully saturated rings. The van der Waals surface area contributed by atoms with Gasteiger partial charge in [-0.15, -0.1) is 0 Å². The zero-order valence-corrected chi connectivity index (χ0v) is 38.7. The fourth-order valence-electron chi connectivity index (χ4n) is 6.06. The van der Waals surface area contributed by atoms with Gasteiger partial charge < -0.3 is 14.2 Å². The maximum absolute atomic E-state index is 12.7. The Kier molecular flexibility index (Phi) is 46.6. The maximum Gasteiger partial charge on any atom is 0.309 e. The predicted octanol–water partition coefficient (Wildman–Crippen LogP) is 16.2. The van der Waals surface area contributed by atoms with Gasteiger partial charge in [0.2, 0.25) is 0 Å². The minimum absolute atomic E-state index is 0.00441. The third kappa shape index (κ3) is 47.0. The van der Waals surface area contributed by atoms with Gasteiger partial charge in [-0.1, -0.05) is 219 Å². The molecule has 0 heterocycles. The Morgan fingerprint density at radius 1 is 0.400 bits per heavy atom. The van der Waals surface area contributed by atoms with Gasteiger partial charge in [0, 0.05) is 6.42 Å². The largest absolute Gasteiger partial charge is 0.461 e. The number of unbranched alkanes of at least 4 members (excludes halogenated alkanes) is 12. The van der Waals surface area contributed by atoms with Crippen molar-refractivity contribution in [1.29, 1.82) is 0 Å². The van der Waals surface area contributed by atoms with Crippen LogP contribution in [0.4, 0.5) is 0 Å². The van der Waals surface area contributed by atoms with Gasteiger partial charge in [0.05, 0.1) is 19.6 Å². The Labute approximate surface area is 369 Å². The van der Waals surface area contributed by atoms with Gasteiger partial charge in [-0.2, -0.15) is 0 Å². The number of carbonyl (C=O) groups excluding carboxylic acids is 2. The van der Waals surface area contributed by atoms with E-state index in [4.69, 9.17) is 14.2 Å². The lowest BCUT2D eigenvalue weighted by Crippen LogP contribution is -2.30. The fourth-order valence-corrected chi connectivity index (χ4v) is 6.06. The van der Waals surface area contributed by atoms with Crippen LogP contribution in [0.1, 0.15) is 188 Å². The molecule has 5 nitrogen and oxygen atoms in total. The molecule has 0 amide bonds. The number of carbonyl (C=O) groups is 2. The van der Waals surface area contributed by atoms with Crippen LogP contribution < -0.4 is 0 Å². The third-order valence-electron chi connectivity index (χ3n) is 9.55. The van der Waals surface area contributed by atoms with Crippen LogP contribution in [0, 0.1) is 0 Å². The number of allylic oxidation sites excluding steroid dienone is 18. The van der Waals surface area contributed by atoms with Crippen molar-refractivity contribution in [3.05, 3.63) is 122 Å². The van der Waals surface area contributed by atoms with Crippen molar-refractivity contribution in [3.63, 3.8) is 0 Å². The van der Waals surface area contributed by atoms with Gasteiger partial charge in [0.1, 0.15) is 6.61 Å². The van der Waals surface area contributed by atoms with Gasteiger partial charge in [0.15, 0.2) is 6.10 Å². The second-order valence-electron chi connectivity index (χ2n) is 15.3. The zero-order valence-electron chi connectivity index (χ0n) is 38.7. The summed E-state index contributed by atoms with van der Waals surface area (Å²) in [7, 11) is 0. The van der Waals surface area contributed by atoms with Crippen molar-refractivity contribution < 1.29 is 23.8 Å². The average Bonchev–Trinajstić information content (AvgIpc) is 3.25. The fraction of sp³-hybridized carbons (Fsp3) is 0.600. The molecule has 0 aromatic heterocycles. The first-order chi connectivity index (χ1) is 29.6. The van der Waals surface area contributed by atoms with Crippen LogP contribution in [0.2, 0.25) is 0 Å². The average molecular weight is 829 g/mol. The molecule has 1 atom stereocenters. The van der Waals surface area contributed by atoms with E-state index in [0.29, 0.717) is 13.0 Å². The Hall–Kier alpha value is -3.70. The summed E-state index contributed by atoms with van der Waals surface area (Å²) in [6.07, 6.45) is 69.6. The highest BCUT2D eigenvalue weighted by Crippen LogP contribution is 2.14. The topological polar surface area (TPSA) is 61.8 Å². The van der Waals surface area contributed by atoms with E-state index in [-0.39, 0.29) is 31.6 Å². The van der Waals surface area contributed by atoms with Crippen molar-refractivity contribution in [2.24, 2.45) is 0 Å². The smallest absolute Gasteiger partial charge is 0.309 e. The molecule has 0 bridgehead atoms. The van der Waals surface area contributed by atoms with Crippen LogP contribution in [-0.4, -0.2) is 37.9 Å². The first kappa shape index (κ1) is 56.3. The van der Waals surface area contributed by atoms with E-state index in [1.54, 1.807) is 0 Å². The molecule has 5 heteroatoms. The second-order valence-corrected chi connectivity index (χ2v) is 15.3. The molecule has 1 unspecified atom stereocenters. The molecule has 0 N–H and O–H groups in total. The highest BCUT2D eigenvalue weighted by atomic mass is 16.6. The molecule has 0 aromatic rings. The van der Waals surface area contributed by atoms with E-state index < -0.39 is 6.10 Å². The molecule has 0 spiro atoms. The highest BCUT2D eigenvalue weighted by Gasteiger charge is 2.17. The molecule has 0 aliphatic rings. The molecule has 0 rings (SSSR count). The normalized spacial score (nSPS) is 13.3. The minimum atomic E-state index is -0.620. The molecular formula is C55H88O5. The summed E-state index contributed by atoms with van der Waals surface area (Å²) >= 11 is 0. The molecule has 0 saturated carbocycles. The van der Waals surface area contributed by atoms with Crippen LogP contribution in [0.25, 0.3) is 0 Å². The van der Waals surface area contributed by atoms with Gasteiger partial charge in [-0.05, 0) is 77.0 Å². The van der Waals surface area contributed by atoms with E-state index >= 15 is 0 Å². The number of hydrogen-bond acceptors (Lipinski definition) is 5. The molecule has 0 radical (unpaired) electrons. The van der Waals surface area contributed by atoms with Gasteiger partial charge in [-0.25, -0.2) is 0 Å². The molecular weight excluding hydrogens is 741 g/mol. The summed E-state index contributed by atoms with van der Waals surface area (Å²) in [6.45, 7) is 7.26. The van der Waals surface area contributed by atoms with E-state index in [2.05, 4.69) is 130 Å². The summed E-state index contributed by atoms with van der Waals surface area (Å²) in [5.41, 5.74) is 0. The lowest BCUT2D eigenvalue weighted by Gasteiger charge is -2.18. The van der Waals surface area contributed by atoms with Gasteiger partial charge >= 0.3 is 11.9 Å². The Morgan fingerprint density at radius 3 is 1.18 bits per heavy atom. The van der Waals surface area contributed by atoms with Crippen molar-refractivity contribution in [3.8, 4) is 0 Å². The molecule has 0 saturated heterocycles. The summed E-state index contributed by atoms with van der Waals surface area (Å²) in [5.74, 6) is -0.592. The highest BCUT2D eigenvalue weighted by molar-refractivity contribution is 5.71. The number of rotatable bonds is 42. The first-order valence-electron chi connectivity index (χ1n) is 24.1. The summed E-state index contributed by atoms with van der Waals surface area (Å²) in [5, 5.41) is 0. The predicted molar refractivity (Wildman–Crippen MR) is 260 cm³/mol.